The summed E-state index contributed by atoms with van der Waals surface area (Å²) < 4.78 is 14.5. The van der Waals surface area contributed by atoms with Crippen LogP contribution < -0.4 is 10.9 Å². The summed E-state index contributed by atoms with van der Waals surface area (Å²) in [5, 5.41) is 7.15. The Morgan fingerprint density at radius 2 is 2.10 bits per heavy atom. The fourth-order valence-electron chi connectivity index (χ4n) is 1.65. The monoisotopic (exact) mass is 371 g/mol. The molecular formula is C14H15BrFN3OS. The van der Waals surface area contributed by atoms with Crippen molar-refractivity contribution in [2.75, 3.05) is 17.6 Å². The van der Waals surface area contributed by atoms with Gasteiger partial charge in [-0.05, 0) is 52.4 Å². The van der Waals surface area contributed by atoms with E-state index in [-0.39, 0.29) is 11.4 Å². The van der Waals surface area contributed by atoms with Crippen LogP contribution in [0.5, 0.6) is 0 Å². The van der Waals surface area contributed by atoms with Crippen LogP contribution in [0.3, 0.4) is 0 Å². The second-order valence-corrected chi connectivity index (χ2v) is 6.35. The summed E-state index contributed by atoms with van der Waals surface area (Å²) in [6.07, 6.45) is 2.54. The van der Waals surface area contributed by atoms with Gasteiger partial charge >= 0.3 is 0 Å². The molecule has 0 aliphatic rings. The topological polar surface area (TPSA) is 46.9 Å². The fraction of sp³-hybridized carbons (Fsp3) is 0.286. The van der Waals surface area contributed by atoms with Crippen LogP contribution in [-0.4, -0.2) is 22.1 Å². The van der Waals surface area contributed by atoms with Crippen LogP contribution in [-0.2, 0) is 7.05 Å². The maximum absolute atomic E-state index is 12.8. The minimum Gasteiger partial charge on any atom is -0.383 e. The highest BCUT2D eigenvalue weighted by Crippen LogP contribution is 2.19. The molecule has 1 N–H and O–H groups in total. The molecule has 0 aliphatic carbocycles. The number of rotatable bonds is 6. The molecule has 4 nitrogen and oxygen atoms in total. The van der Waals surface area contributed by atoms with Crippen molar-refractivity contribution in [3.8, 4) is 0 Å². The van der Waals surface area contributed by atoms with Crippen LogP contribution in [0.1, 0.15) is 6.42 Å². The zero-order valence-electron chi connectivity index (χ0n) is 11.5. The minimum absolute atomic E-state index is 0.166. The van der Waals surface area contributed by atoms with Crippen molar-refractivity contribution < 1.29 is 4.39 Å². The zero-order chi connectivity index (χ0) is 15.2. The number of anilines is 1. The van der Waals surface area contributed by atoms with Crippen molar-refractivity contribution in [2.24, 2.45) is 7.05 Å². The molecule has 1 heterocycles. The van der Waals surface area contributed by atoms with Gasteiger partial charge < -0.3 is 5.32 Å². The van der Waals surface area contributed by atoms with Gasteiger partial charge in [-0.25, -0.2) is 9.07 Å². The summed E-state index contributed by atoms with van der Waals surface area (Å²) in [4.78, 5) is 12.7. The summed E-state index contributed by atoms with van der Waals surface area (Å²) in [7, 11) is 1.61. The number of thioether (sulfide) groups is 1. The van der Waals surface area contributed by atoms with E-state index in [2.05, 4.69) is 26.3 Å². The maximum atomic E-state index is 12.8. The summed E-state index contributed by atoms with van der Waals surface area (Å²) in [6.45, 7) is 0.738. The lowest BCUT2D eigenvalue weighted by Gasteiger charge is -2.08. The molecule has 2 rings (SSSR count). The first-order valence-electron chi connectivity index (χ1n) is 6.42. The fourth-order valence-corrected chi connectivity index (χ4v) is 3.00. The van der Waals surface area contributed by atoms with E-state index < -0.39 is 0 Å². The lowest BCUT2D eigenvalue weighted by Crippen LogP contribution is -2.21. The third kappa shape index (κ3) is 4.57. The average Bonchev–Trinajstić information content (AvgIpc) is 2.48. The van der Waals surface area contributed by atoms with E-state index in [1.165, 1.54) is 16.8 Å². The number of benzene rings is 1. The van der Waals surface area contributed by atoms with Gasteiger partial charge in [0, 0.05) is 18.5 Å². The zero-order valence-corrected chi connectivity index (χ0v) is 13.9. The smallest absolute Gasteiger partial charge is 0.282 e. The van der Waals surface area contributed by atoms with E-state index in [9.17, 15) is 9.18 Å². The number of aromatic nitrogens is 2. The Balaban J connectivity index is 1.76. The Kier molecular flexibility index (Phi) is 5.81. The Bertz CT molecular complexity index is 660. The summed E-state index contributed by atoms with van der Waals surface area (Å²) >= 11 is 4.94. The molecule has 112 valence electrons. The largest absolute Gasteiger partial charge is 0.383 e. The Morgan fingerprint density at radius 1 is 1.38 bits per heavy atom. The maximum Gasteiger partial charge on any atom is 0.282 e. The molecule has 0 radical (unpaired) electrons. The molecule has 2 aromatic rings. The van der Waals surface area contributed by atoms with E-state index >= 15 is 0 Å². The highest BCUT2D eigenvalue weighted by molar-refractivity contribution is 9.10. The van der Waals surface area contributed by atoms with Gasteiger partial charge in [-0.3, -0.25) is 4.79 Å². The predicted molar refractivity (Wildman–Crippen MR) is 87.4 cm³/mol. The van der Waals surface area contributed by atoms with Crippen molar-refractivity contribution in [2.45, 2.75) is 11.3 Å². The van der Waals surface area contributed by atoms with E-state index in [0.29, 0.717) is 10.2 Å². The van der Waals surface area contributed by atoms with Crippen LogP contribution in [0, 0.1) is 5.82 Å². The number of aryl methyl sites for hydroxylation is 1. The van der Waals surface area contributed by atoms with Crippen molar-refractivity contribution in [3.63, 3.8) is 0 Å². The first kappa shape index (κ1) is 16.0. The third-order valence-electron chi connectivity index (χ3n) is 2.80. The number of halogens is 2. The number of nitrogens with one attached hydrogen (secondary N) is 1. The van der Waals surface area contributed by atoms with Crippen molar-refractivity contribution in [1.29, 1.82) is 0 Å². The number of hydrogen-bond acceptors (Lipinski definition) is 4. The summed E-state index contributed by atoms with van der Waals surface area (Å²) in [5.41, 5.74) is 0.533. The molecule has 0 spiro atoms. The van der Waals surface area contributed by atoms with Gasteiger partial charge in [-0.2, -0.15) is 5.10 Å². The van der Waals surface area contributed by atoms with Gasteiger partial charge in [-0.15, -0.1) is 11.8 Å². The lowest BCUT2D eigenvalue weighted by molar-refractivity contribution is 0.626. The molecule has 0 atom stereocenters. The van der Waals surface area contributed by atoms with Crippen LogP contribution in [0.4, 0.5) is 10.1 Å². The van der Waals surface area contributed by atoms with Crippen molar-refractivity contribution in [1.82, 2.24) is 9.78 Å². The standard InChI is InChI=1S/C14H15BrFN3OS/c1-19-14(20)13(15)12(9-18-19)17-7-2-8-21-11-5-3-10(16)4-6-11/h3-6,9,17H,2,7-8H2,1H3. The molecule has 7 heteroatoms. The van der Waals surface area contributed by atoms with Gasteiger partial charge in [-0.1, -0.05) is 0 Å². The molecule has 1 aromatic heterocycles. The normalized spacial score (nSPS) is 10.6. The number of nitrogens with zero attached hydrogens (tertiary/aromatic N) is 2. The van der Waals surface area contributed by atoms with Crippen LogP contribution in [0.2, 0.25) is 0 Å². The molecule has 0 aliphatic heterocycles. The van der Waals surface area contributed by atoms with Gasteiger partial charge in [0.15, 0.2) is 0 Å². The highest BCUT2D eigenvalue weighted by atomic mass is 79.9. The quantitative estimate of drug-likeness (QED) is 0.625. The van der Waals surface area contributed by atoms with Crippen molar-refractivity contribution >= 4 is 33.4 Å². The molecule has 0 bridgehead atoms. The first-order chi connectivity index (χ1) is 10.1. The molecular weight excluding hydrogens is 357 g/mol. The summed E-state index contributed by atoms with van der Waals surface area (Å²) in [5.74, 6) is 0.693. The Hall–Kier alpha value is -1.34. The molecule has 0 saturated heterocycles. The molecule has 0 unspecified atom stereocenters. The van der Waals surface area contributed by atoms with E-state index in [1.54, 1.807) is 37.1 Å². The minimum atomic E-state index is -0.218. The van der Waals surface area contributed by atoms with Crippen molar-refractivity contribution in [3.05, 3.63) is 51.1 Å². The van der Waals surface area contributed by atoms with Gasteiger partial charge in [0.2, 0.25) is 0 Å². The molecule has 0 saturated carbocycles. The Labute approximate surface area is 134 Å². The average molecular weight is 372 g/mol. The van der Waals surface area contributed by atoms with E-state index in [4.69, 9.17) is 0 Å². The summed E-state index contributed by atoms with van der Waals surface area (Å²) in [6, 6.07) is 6.47. The SMILES string of the molecule is Cn1ncc(NCCCSc2ccc(F)cc2)c(Br)c1=O. The van der Waals surface area contributed by atoms with E-state index in [0.717, 1.165) is 23.6 Å². The second-order valence-electron chi connectivity index (χ2n) is 4.38. The first-order valence-corrected chi connectivity index (χ1v) is 8.20. The highest BCUT2D eigenvalue weighted by Gasteiger charge is 2.05. The van der Waals surface area contributed by atoms with Crippen LogP contribution >= 0.6 is 27.7 Å². The molecule has 1 aromatic carbocycles. The predicted octanol–water partition coefficient (Wildman–Crippen LogP) is 3.28. The molecule has 21 heavy (non-hydrogen) atoms. The van der Waals surface area contributed by atoms with Gasteiger partial charge in [0.25, 0.3) is 5.56 Å². The molecule has 0 fully saturated rings. The van der Waals surface area contributed by atoms with Gasteiger partial charge in [0.05, 0.1) is 11.9 Å². The second kappa shape index (κ2) is 7.61. The van der Waals surface area contributed by atoms with E-state index in [1.807, 2.05) is 0 Å². The lowest BCUT2D eigenvalue weighted by atomic mass is 10.4. The van der Waals surface area contributed by atoms with Gasteiger partial charge in [0.1, 0.15) is 10.3 Å². The number of hydrogen-bond donors (Lipinski definition) is 1. The van der Waals surface area contributed by atoms with Crippen LogP contribution in [0.15, 0.2) is 44.6 Å². The molecule has 0 amide bonds. The third-order valence-corrected chi connectivity index (χ3v) is 4.66. The van der Waals surface area contributed by atoms with Crippen LogP contribution in [0.25, 0.3) is 0 Å². The Morgan fingerprint density at radius 3 is 2.81 bits per heavy atom.